The Kier molecular flexibility index (Phi) is 4.99. The van der Waals surface area contributed by atoms with Crippen molar-refractivity contribution in [2.75, 3.05) is 13.2 Å². The Morgan fingerprint density at radius 3 is 2.73 bits per heavy atom. The van der Waals surface area contributed by atoms with Crippen LogP contribution >= 0.6 is 0 Å². The van der Waals surface area contributed by atoms with Crippen molar-refractivity contribution >= 4 is 5.97 Å². The van der Waals surface area contributed by atoms with Crippen LogP contribution in [0.3, 0.4) is 0 Å². The number of hydrogen-bond acceptors (Lipinski definition) is 5. The molecule has 1 unspecified atom stereocenters. The first kappa shape index (κ1) is 11.9. The molecule has 0 saturated carbocycles. The van der Waals surface area contributed by atoms with Crippen molar-refractivity contribution in [3.63, 3.8) is 0 Å². The van der Waals surface area contributed by atoms with Crippen molar-refractivity contribution < 1.29 is 19.4 Å². The molecular formula is C8H15N3O4. The molecule has 15 heavy (non-hydrogen) atoms. The molecule has 3 N–H and O–H groups in total. The summed E-state index contributed by atoms with van der Waals surface area (Å²) in [6.07, 6.45) is 1.51. The topological polar surface area (TPSA) is 107 Å². The predicted octanol–water partition coefficient (Wildman–Crippen LogP) is 0.309. The summed E-state index contributed by atoms with van der Waals surface area (Å²) in [7, 11) is 0. The molecule has 1 saturated heterocycles. The second kappa shape index (κ2) is 6.31. The van der Waals surface area contributed by atoms with Crippen molar-refractivity contribution in [2.24, 2.45) is 16.2 Å². The monoisotopic (exact) mass is 217 g/mol. The van der Waals surface area contributed by atoms with Crippen molar-refractivity contribution in [3.05, 3.63) is 0 Å². The quantitative estimate of drug-likeness (QED) is 0.378. The van der Waals surface area contributed by atoms with Gasteiger partial charge in [-0.2, -0.15) is 5.11 Å². The molecule has 0 aromatic carbocycles. The minimum atomic E-state index is -1.02. The summed E-state index contributed by atoms with van der Waals surface area (Å²) < 4.78 is 10.4. The molecular weight excluding hydrogens is 202 g/mol. The lowest BCUT2D eigenvalue weighted by atomic mass is 10.1. The van der Waals surface area contributed by atoms with E-state index in [1.54, 1.807) is 0 Å². The average Bonchev–Trinajstić information content (AvgIpc) is 2.69. The van der Waals surface area contributed by atoms with Crippen LogP contribution < -0.4 is 5.84 Å². The minimum Gasteiger partial charge on any atom is -0.480 e. The number of carboxylic acid groups (broad SMARTS) is 1. The Morgan fingerprint density at radius 2 is 2.20 bits per heavy atom. The number of hydrogen-bond donors (Lipinski definition) is 2. The van der Waals surface area contributed by atoms with Gasteiger partial charge >= 0.3 is 5.97 Å². The summed E-state index contributed by atoms with van der Waals surface area (Å²) in [6, 6.07) is -0.864. The molecule has 1 atom stereocenters. The Balaban J connectivity index is 2.18. The normalized spacial score (nSPS) is 19.7. The van der Waals surface area contributed by atoms with Gasteiger partial charge < -0.3 is 20.4 Å². The maximum Gasteiger partial charge on any atom is 0.330 e. The lowest BCUT2D eigenvalue weighted by molar-refractivity contribution is -0.138. The van der Waals surface area contributed by atoms with Gasteiger partial charge in [0, 0.05) is 0 Å². The largest absolute Gasteiger partial charge is 0.480 e. The molecule has 0 amide bonds. The number of nitrogens with zero attached hydrogens (tertiary/aromatic N) is 2. The van der Waals surface area contributed by atoms with Gasteiger partial charge in [-0.3, -0.25) is 0 Å². The number of rotatable bonds is 6. The SMILES string of the molecule is NN=NC(CCCC1OCCO1)C(=O)O. The van der Waals surface area contributed by atoms with Crippen LogP contribution in [0.25, 0.3) is 0 Å². The third-order valence-corrected chi connectivity index (χ3v) is 2.10. The van der Waals surface area contributed by atoms with Gasteiger partial charge in [-0.15, -0.1) is 0 Å². The van der Waals surface area contributed by atoms with Gasteiger partial charge in [0.1, 0.15) is 0 Å². The van der Waals surface area contributed by atoms with Gasteiger partial charge in [-0.25, -0.2) is 4.79 Å². The number of carboxylic acids is 1. The van der Waals surface area contributed by atoms with Gasteiger partial charge in [0.2, 0.25) is 0 Å². The summed E-state index contributed by atoms with van der Waals surface area (Å²) in [6.45, 7) is 1.21. The summed E-state index contributed by atoms with van der Waals surface area (Å²) in [5.41, 5.74) is 0. The van der Waals surface area contributed by atoms with Gasteiger partial charge in [0.25, 0.3) is 0 Å². The molecule has 0 aromatic heterocycles. The van der Waals surface area contributed by atoms with E-state index in [-0.39, 0.29) is 6.29 Å². The molecule has 1 aliphatic heterocycles. The first-order valence-electron chi connectivity index (χ1n) is 4.80. The highest BCUT2D eigenvalue weighted by Crippen LogP contribution is 2.13. The molecule has 0 bridgehead atoms. The van der Waals surface area contributed by atoms with Crippen LogP contribution in [0.15, 0.2) is 10.3 Å². The summed E-state index contributed by atoms with van der Waals surface area (Å²) >= 11 is 0. The van der Waals surface area contributed by atoms with Crippen molar-refractivity contribution in [1.29, 1.82) is 0 Å². The zero-order chi connectivity index (χ0) is 11.1. The van der Waals surface area contributed by atoms with E-state index in [1.807, 2.05) is 0 Å². The summed E-state index contributed by atoms with van der Waals surface area (Å²) in [5, 5.41) is 15.1. The molecule has 1 fully saturated rings. The lowest BCUT2D eigenvalue weighted by Crippen LogP contribution is -2.18. The number of carbonyl (C=O) groups is 1. The maximum absolute atomic E-state index is 10.6. The van der Waals surface area contributed by atoms with Crippen LogP contribution in [-0.2, 0) is 14.3 Å². The molecule has 0 radical (unpaired) electrons. The van der Waals surface area contributed by atoms with Gasteiger partial charge in [0.15, 0.2) is 12.3 Å². The fraction of sp³-hybridized carbons (Fsp3) is 0.875. The molecule has 1 rings (SSSR count). The second-order valence-corrected chi connectivity index (χ2v) is 3.19. The Morgan fingerprint density at radius 1 is 1.53 bits per heavy atom. The number of aliphatic carboxylic acids is 1. The van der Waals surface area contributed by atoms with E-state index in [4.69, 9.17) is 20.4 Å². The Hall–Kier alpha value is -1.21. The van der Waals surface area contributed by atoms with Crippen LogP contribution in [0.1, 0.15) is 19.3 Å². The van der Waals surface area contributed by atoms with Crippen LogP contribution in [0, 0.1) is 0 Å². The first-order chi connectivity index (χ1) is 7.24. The minimum absolute atomic E-state index is 0.200. The molecule has 1 heterocycles. The van der Waals surface area contributed by atoms with E-state index in [9.17, 15) is 4.79 Å². The number of ether oxygens (including phenoxy) is 2. The smallest absolute Gasteiger partial charge is 0.330 e. The van der Waals surface area contributed by atoms with Crippen molar-refractivity contribution in [2.45, 2.75) is 31.6 Å². The van der Waals surface area contributed by atoms with Crippen LogP contribution in [0.4, 0.5) is 0 Å². The highest BCUT2D eigenvalue weighted by atomic mass is 16.7. The highest BCUT2D eigenvalue weighted by molar-refractivity contribution is 5.73. The predicted molar refractivity (Wildman–Crippen MR) is 50.0 cm³/mol. The second-order valence-electron chi connectivity index (χ2n) is 3.19. The fourth-order valence-electron chi connectivity index (χ4n) is 1.36. The zero-order valence-electron chi connectivity index (χ0n) is 8.33. The maximum atomic E-state index is 10.6. The molecule has 0 aliphatic carbocycles. The molecule has 0 spiro atoms. The van der Waals surface area contributed by atoms with E-state index in [0.29, 0.717) is 32.5 Å². The first-order valence-corrected chi connectivity index (χ1v) is 4.80. The van der Waals surface area contributed by atoms with Crippen LogP contribution in [0.2, 0.25) is 0 Å². The lowest BCUT2D eigenvalue weighted by Gasteiger charge is -2.09. The molecule has 86 valence electrons. The fourth-order valence-corrected chi connectivity index (χ4v) is 1.36. The van der Waals surface area contributed by atoms with Crippen molar-refractivity contribution in [1.82, 2.24) is 0 Å². The number of nitrogens with two attached hydrogens (primary N) is 1. The summed E-state index contributed by atoms with van der Waals surface area (Å²) in [5.74, 6) is 3.79. The van der Waals surface area contributed by atoms with E-state index in [2.05, 4.69) is 10.3 Å². The Bertz CT molecular complexity index is 228. The molecule has 7 heteroatoms. The van der Waals surface area contributed by atoms with Crippen LogP contribution in [-0.4, -0.2) is 36.6 Å². The van der Waals surface area contributed by atoms with E-state index >= 15 is 0 Å². The van der Waals surface area contributed by atoms with E-state index < -0.39 is 12.0 Å². The standard InChI is InChI=1S/C8H15N3O4/c9-11-10-6(8(12)13)2-1-3-7-14-4-5-15-7/h6-7H,1-5H2,(H2,9,10)(H,12,13). The molecule has 1 aliphatic rings. The Labute approximate surface area is 87.2 Å². The van der Waals surface area contributed by atoms with Crippen LogP contribution in [0.5, 0.6) is 0 Å². The summed E-state index contributed by atoms with van der Waals surface area (Å²) in [4.78, 5) is 10.6. The van der Waals surface area contributed by atoms with E-state index in [1.165, 1.54) is 0 Å². The molecule has 0 aromatic rings. The zero-order valence-corrected chi connectivity index (χ0v) is 8.33. The third kappa shape index (κ3) is 4.22. The van der Waals surface area contributed by atoms with Gasteiger partial charge in [-0.05, 0) is 19.3 Å². The highest BCUT2D eigenvalue weighted by Gasteiger charge is 2.19. The van der Waals surface area contributed by atoms with Gasteiger partial charge in [0.05, 0.1) is 13.2 Å². The van der Waals surface area contributed by atoms with Crippen molar-refractivity contribution in [3.8, 4) is 0 Å². The third-order valence-electron chi connectivity index (χ3n) is 2.10. The van der Waals surface area contributed by atoms with Gasteiger partial charge in [-0.1, -0.05) is 5.22 Å². The average molecular weight is 217 g/mol. The molecule has 7 nitrogen and oxygen atoms in total. The van der Waals surface area contributed by atoms with E-state index in [0.717, 1.165) is 0 Å².